The quantitative estimate of drug-likeness (QED) is 0.845. The molecule has 1 aromatic heterocycles. The van der Waals surface area contributed by atoms with Crippen molar-refractivity contribution in [3.63, 3.8) is 0 Å². The molecule has 2 heterocycles. The summed E-state index contributed by atoms with van der Waals surface area (Å²) in [5.41, 5.74) is 0. The molecule has 1 amide bonds. The summed E-state index contributed by atoms with van der Waals surface area (Å²) in [4.78, 5) is 15.5. The zero-order chi connectivity index (χ0) is 14.4. The molecule has 1 aliphatic rings. The molecule has 0 spiro atoms. The zero-order valence-corrected chi connectivity index (χ0v) is 14.4. The molecule has 0 unspecified atom stereocenters. The number of carbonyl (C=O) groups excluding carboxylic acids is 1. The third-order valence-corrected chi connectivity index (χ3v) is 5.61. The number of hydrogen-bond donors (Lipinski definition) is 1. The van der Waals surface area contributed by atoms with Gasteiger partial charge in [0.05, 0.1) is 0 Å². The number of amides is 1. The fraction of sp³-hybridized carbons (Fsp3) is 0.667. The molecule has 112 valence electrons. The predicted octanol–water partition coefficient (Wildman–Crippen LogP) is 3.29. The Bertz CT molecular complexity index is 427. The van der Waals surface area contributed by atoms with Gasteiger partial charge in [0, 0.05) is 34.2 Å². The summed E-state index contributed by atoms with van der Waals surface area (Å²) in [5, 5.41) is 5.48. The van der Waals surface area contributed by atoms with E-state index in [1.807, 2.05) is 4.90 Å². The van der Waals surface area contributed by atoms with Crippen molar-refractivity contribution in [3.8, 4) is 0 Å². The first-order valence-electron chi connectivity index (χ1n) is 7.40. The maximum Gasteiger partial charge on any atom is 0.222 e. The number of likely N-dealkylation sites (tertiary alicyclic amines) is 1. The molecule has 0 aromatic carbocycles. The second-order valence-electron chi connectivity index (χ2n) is 5.36. The minimum Gasteiger partial charge on any atom is -0.343 e. The first kappa shape index (κ1) is 16.0. The molecule has 3 nitrogen and oxygen atoms in total. The van der Waals surface area contributed by atoms with Gasteiger partial charge >= 0.3 is 0 Å². The lowest BCUT2D eigenvalue weighted by Crippen LogP contribution is -2.40. The highest BCUT2D eigenvalue weighted by Gasteiger charge is 2.22. The summed E-state index contributed by atoms with van der Waals surface area (Å²) in [6.45, 7) is 6.14. The Kier molecular flexibility index (Phi) is 6.52. The van der Waals surface area contributed by atoms with Crippen molar-refractivity contribution in [1.29, 1.82) is 0 Å². The van der Waals surface area contributed by atoms with Gasteiger partial charge in [-0.25, -0.2) is 0 Å². The van der Waals surface area contributed by atoms with Crippen molar-refractivity contribution in [2.75, 3.05) is 26.2 Å². The smallest absolute Gasteiger partial charge is 0.222 e. The third kappa shape index (κ3) is 4.86. The maximum atomic E-state index is 12.2. The minimum absolute atomic E-state index is 0.316. The van der Waals surface area contributed by atoms with Gasteiger partial charge < -0.3 is 10.2 Å². The Hall–Kier alpha value is -0.390. The highest BCUT2D eigenvalue weighted by Crippen LogP contribution is 2.22. The normalized spacial score (nSPS) is 16.6. The summed E-state index contributed by atoms with van der Waals surface area (Å²) in [6.07, 6.45) is 3.80. The second kappa shape index (κ2) is 8.15. The largest absolute Gasteiger partial charge is 0.343 e. The lowest BCUT2D eigenvalue weighted by molar-refractivity contribution is -0.132. The fourth-order valence-corrected chi connectivity index (χ4v) is 4.06. The van der Waals surface area contributed by atoms with Gasteiger partial charge in [0.25, 0.3) is 0 Å². The predicted molar refractivity (Wildman–Crippen MR) is 88.2 cm³/mol. The molecule has 1 aliphatic heterocycles. The van der Waals surface area contributed by atoms with Crippen molar-refractivity contribution in [1.82, 2.24) is 10.2 Å². The van der Waals surface area contributed by atoms with E-state index in [4.69, 9.17) is 0 Å². The van der Waals surface area contributed by atoms with Crippen LogP contribution in [-0.2, 0) is 11.2 Å². The van der Waals surface area contributed by atoms with Crippen LogP contribution in [0.1, 0.15) is 31.1 Å². The molecule has 0 aliphatic carbocycles. The molecule has 2 rings (SSSR count). The van der Waals surface area contributed by atoms with Crippen molar-refractivity contribution >= 4 is 33.2 Å². The van der Waals surface area contributed by atoms with Crippen molar-refractivity contribution in [3.05, 3.63) is 20.8 Å². The van der Waals surface area contributed by atoms with Gasteiger partial charge in [0.2, 0.25) is 5.91 Å². The highest BCUT2D eigenvalue weighted by molar-refractivity contribution is 9.10. The van der Waals surface area contributed by atoms with E-state index in [-0.39, 0.29) is 0 Å². The fourth-order valence-electron chi connectivity index (χ4n) is 2.61. The summed E-state index contributed by atoms with van der Waals surface area (Å²) in [7, 11) is 0. The lowest BCUT2D eigenvalue weighted by atomic mass is 9.96. The number of halogens is 1. The Morgan fingerprint density at radius 3 is 2.85 bits per heavy atom. The molecule has 1 saturated heterocycles. The zero-order valence-electron chi connectivity index (χ0n) is 12.0. The van der Waals surface area contributed by atoms with E-state index < -0.39 is 0 Å². The third-order valence-electron chi connectivity index (χ3n) is 3.86. The molecule has 5 heteroatoms. The SMILES string of the molecule is CCNCC1CCN(C(=O)CCc2cc(Br)cs2)CC1. The first-order valence-corrected chi connectivity index (χ1v) is 9.07. The van der Waals surface area contributed by atoms with Crippen LogP contribution in [0.3, 0.4) is 0 Å². The Morgan fingerprint density at radius 2 is 2.25 bits per heavy atom. The number of hydrogen-bond acceptors (Lipinski definition) is 3. The standard InChI is InChI=1S/C15H23BrN2OS/c1-2-17-10-12-5-7-18(8-6-12)15(19)4-3-14-9-13(16)11-20-14/h9,11-12,17H,2-8,10H2,1H3. The average Bonchev–Trinajstić information content (AvgIpc) is 2.89. The van der Waals surface area contributed by atoms with E-state index in [0.29, 0.717) is 12.3 Å². The van der Waals surface area contributed by atoms with Gasteiger partial charge in [-0.1, -0.05) is 6.92 Å². The van der Waals surface area contributed by atoms with Crippen LogP contribution in [0.15, 0.2) is 15.9 Å². The molecular formula is C15H23BrN2OS. The molecule has 0 atom stereocenters. The van der Waals surface area contributed by atoms with Crippen LogP contribution in [0.2, 0.25) is 0 Å². The van der Waals surface area contributed by atoms with E-state index in [2.05, 4.69) is 39.6 Å². The van der Waals surface area contributed by atoms with Crippen molar-refractivity contribution in [2.24, 2.45) is 5.92 Å². The number of aryl methyl sites for hydroxylation is 1. The lowest BCUT2D eigenvalue weighted by Gasteiger charge is -2.32. The Morgan fingerprint density at radius 1 is 1.50 bits per heavy atom. The molecule has 0 bridgehead atoms. The second-order valence-corrected chi connectivity index (χ2v) is 7.27. The van der Waals surface area contributed by atoms with Crippen LogP contribution < -0.4 is 5.32 Å². The van der Waals surface area contributed by atoms with Crippen LogP contribution >= 0.6 is 27.3 Å². The summed E-state index contributed by atoms with van der Waals surface area (Å²) >= 11 is 5.17. The van der Waals surface area contributed by atoms with E-state index in [1.165, 1.54) is 4.88 Å². The number of rotatable bonds is 6. The molecular weight excluding hydrogens is 336 g/mol. The molecule has 20 heavy (non-hydrogen) atoms. The summed E-state index contributed by atoms with van der Waals surface area (Å²) in [6, 6.07) is 2.11. The highest BCUT2D eigenvalue weighted by atomic mass is 79.9. The van der Waals surface area contributed by atoms with Gasteiger partial charge in [-0.3, -0.25) is 4.79 Å². The molecule has 0 radical (unpaired) electrons. The first-order chi connectivity index (χ1) is 9.69. The van der Waals surface area contributed by atoms with Crippen molar-refractivity contribution < 1.29 is 4.79 Å². The van der Waals surface area contributed by atoms with Gasteiger partial charge in [0.1, 0.15) is 0 Å². The maximum absolute atomic E-state index is 12.2. The van der Waals surface area contributed by atoms with Gasteiger partial charge in [-0.2, -0.15) is 0 Å². The van der Waals surface area contributed by atoms with Gasteiger partial charge in [-0.15, -0.1) is 11.3 Å². The molecule has 0 saturated carbocycles. The van der Waals surface area contributed by atoms with E-state index >= 15 is 0 Å². The van der Waals surface area contributed by atoms with Crippen LogP contribution in [0.25, 0.3) is 0 Å². The molecule has 1 N–H and O–H groups in total. The van der Waals surface area contributed by atoms with E-state index in [0.717, 1.165) is 55.8 Å². The van der Waals surface area contributed by atoms with Crippen LogP contribution in [0.4, 0.5) is 0 Å². The molecule has 1 aromatic rings. The number of piperidine rings is 1. The van der Waals surface area contributed by atoms with Gasteiger partial charge in [0.15, 0.2) is 0 Å². The van der Waals surface area contributed by atoms with E-state index in [1.54, 1.807) is 11.3 Å². The number of nitrogens with zero attached hydrogens (tertiary/aromatic N) is 1. The average molecular weight is 359 g/mol. The minimum atomic E-state index is 0.316. The number of nitrogens with one attached hydrogen (secondary N) is 1. The summed E-state index contributed by atoms with van der Waals surface area (Å²) in [5.74, 6) is 1.06. The molecule has 1 fully saturated rings. The van der Waals surface area contributed by atoms with Crippen LogP contribution in [-0.4, -0.2) is 37.0 Å². The topological polar surface area (TPSA) is 32.3 Å². The Balaban J connectivity index is 1.69. The number of carbonyl (C=O) groups is 1. The number of thiophene rings is 1. The van der Waals surface area contributed by atoms with Crippen LogP contribution in [0, 0.1) is 5.92 Å². The van der Waals surface area contributed by atoms with E-state index in [9.17, 15) is 4.79 Å². The van der Waals surface area contributed by atoms with Crippen LogP contribution in [0.5, 0.6) is 0 Å². The monoisotopic (exact) mass is 358 g/mol. The van der Waals surface area contributed by atoms with Gasteiger partial charge in [-0.05, 0) is 60.3 Å². The van der Waals surface area contributed by atoms with Crippen molar-refractivity contribution in [2.45, 2.75) is 32.6 Å². The Labute approximate surface area is 133 Å². The summed E-state index contributed by atoms with van der Waals surface area (Å²) < 4.78 is 1.12.